The van der Waals surface area contributed by atoms with Gasteiger partial charge in [-0.3, -0.25) is 9.59 Å². The predicted molar refractivity (Wildman–Crippen MR) is 70.0 cm³/mol. The molecule has 0 unspecified atom stereocenters. The van der Waals surface area contributed by atoms with Crippen molar-refractivity contribution >= 4 is 39.1 Å². The van der Waals surface area contributed by atoms with E-state index < -0.39 is 0 Å². The number of nitrogens with one attached hydrogen (secondary N) is 1. The molecule has 17 heavy (non-hydrogen) atoms. The molecule has 1 N–H and O–H groups in total. The zero-order chi connectivity index (χ0) is 12.6. The van der Waals surface area contributed by atoms with Crippen LogP contribution >= 0.6 is 15.9 Å². The molecular weight excluding hydrogens is 284 g/mol. The van der Waals surface area contributed by atoms with Crippen LogP contribution in [0.25, 0.3) is 0 Å². The molecule has 1 aliphatic rings. The Balaban J connectivity index is 2.57. The van der Waals surface area contributed by atoms with Crippen LogP contribution in [0.2, 0.25) is 0 Å². The van der Waals surface area contributed by atoms with Crippen molar-refractivity contribution in [2.75, 3.05) is 10.2 Å². The van der Waals surface area contributed by atoms with Gasteiger partial charge >= 0.3 is 0 Å². The molecule has 90 valence electrons. The highest BCUT2D eigenvalue weighted by molar-refractivity contribution is 9.10. The van der Waals surface area contributed by atoms with Crippen LogP contribution in [-0.2, 0) is 9.59 Å². The highest BCUT2D eigenvalue weighted by Crippen LogP contribution is 2.33. The third-order valence-corrected chi connectivity index (χ3v) is 3.25. The smallest absolute Gasteiger partial charge is 0.226 e. The number of fused-ring (bicyclic) bond motifs is 1. The van der Waals surface area contributed by atoms with Crippen molar-refractivity contribution in [1.29, 1.82) is 0 Å². The van der Waals surface area contributed by atoms with Crippen LogP contribution in [0.4, 0.5) is 11.4 Å². The van der Waals surface area contributed by atoms with Gasteiger partial charge in [0.2, 0.25) is 11.8 Å². The van der Waals surface area contributed by atoms with Gasteiger partial charge in [-0.05, 0) is 25.1 Å². The molecule has 0 saturated heterocycles. The third-order valence-electron chi connectivity index (χ3n) is 2.75. The van der Waals surface area contributed by atoms with E-state index in [0.29, 0.717) is 12.1 Å². The van der Waals surface area contributed by atoms with E-state index in [1.807, 2.05) is 19.1 Å². The molecule has 0 spiro atoms. The number of hydrogen-bond donors (Lipinski definition) is 1. The summed E-state index contributed by atoms with van der Waals surface area (Å²) in [5, 5.41) is 2.81. The first kappa shape index (κ1) is 12.1. The van der Waals surface area contributed by atoms with Crippen molar-refractivity contribution in [3.8, 4) is 0 Å². The number of amides is 2. The van der Waals surface area contributed by atoms with Crippen LogP contribution in [0.3, 0.4) is 0 Å². The van der Waals surface area contributed by atoms with Gasteiger partial charge < -0.3 is 10.2 Å². The molecule has 1 aliphatic heterocycles. The highest BCUT2D eigenvalue weighted by atomic mass is 79.9. The average molecular weight is 297 g/mol. The number of benzene rings is 1. The molecule has 0 fully saturated rings. The quantitative estimate of drug-likeness (QED) is 0.800. The molecule has 0 aromatic heterocycles. The molecule has 2 rings (SSSR count). The Kier molecular flexibility index (Phi) is 3.19. The molecule has 1 atom stereocenters. The summed E-state index contributed by atoms with van der Waals surface area (Å²) in [4.78, 5) is 25.0. The van der Waals surface area contributed by atoms with Gasteiger partial charge in [0, 0.05) is 23.9 Å². The summed E-state index contributed by atoms with van der Waals surface area (Å²) >= 11 is 3.38. The van der Waals surface area contributed by atoms with E-state index in [-0.39, 0.29) is 17.9 Å². The lowest BCUT2D eigenvalue weighted by Crippen LogP contribution is -2.37. The van der Waals surface area contributed by atoms with Crippen molar-refractivity contribution in [3.05, 3.63) is 22.7 Å². The number of carbonyl (C=O) groups is 2. The Morgan fingerprint density at radius 3 is 2.88 bits per heavy atom. The van der Waals surface area contributed by atoms with Crippen molar-refractivity contribution in [1.82, 2.24) is 0 Å². The number of anilines is 2. The summed E-state index contributed by atoms with van der Waals surface area (Å²) in [7, 11) is 0. The summed E-state index contributed by atoms with van der Waals surface area (Å²) in [6, 6.07) is 5.35. The SMILES string of the molecule is CC(=O)N1c2cc(Br)ccc2NC(=O)C[C@H]1C. The fraction of sp³-hybridized carbons (Fsp3) is 0.333. The number of carbonyl (C=O) groups excluding carboxylic acids is 2. The summed E-state index contributed by atoms with van der Waals surface area (Å²) < 4.78 is 0.880. The maximum atomic E-state index is 11.7. The van der Waals surface area contributed by atoms with Crippen molar-refractivity contribution in [3.63, 3.8) is 0 Å². The fourth-order valence-electron chi connectivity index (χ4n) is 2.09. The van der Waals surface area contributed by atoms with Crippen molar-refractivity contribution in [2.24, 2.45) is 0 Å². The third kappa shape index (κ3) is 2.34. The standard InChI is InChI=1S/C12H13BrN2O2/c1-7-5-12(17)14-10-4-3-9(13)6-11(10)15(7)8(2)16/h3-4,6-7H,5H2,1-2H3,(H,14,17)/t7-/m1/s1. The van der Waals surface area contributed by atoms with Gasteiger partial charge in [0.15, 0.2) is 0 Å². The van der Waals surface area contributed by atoms with E-state index >= 15 is 0 Å². The zero-order valence-electron chi connectivity index (χ0n) is 9.66. The van der Waals surface area contributed by atoms with Gasteiger partial charge in [0.05, 0.1) is 11.4 Å². The average Bonchev–Trinajstić information content (AvgIpc) is 2.32. The number of hydrogen-bond acceptors (Lipinski definition) is 2. The topological polar surface area (TPSA) is 49.4 Å². The van der Waals surface area contributed by atoms with Gasteiger partial charge in [-0.2, -0.15) is 0 Å². The van der Waals surface area contributed by atoms with E-state index in [2.05, 4.69) is 21.2 Å². The Hall–Kier alpha value is -1.36. The number of nitrogens with zero attached hydrogens (tertiary/aromatic N) is 1. The molecule has 0 bridgehead atoms. The first-order valence-electron chi connectivity index (χ1n) is 5.38. The minimum Gasteiger partial charge on any atom is -0.324 e. The van der Waals surface area contributed by atoms with Gasteiger partial charge in [0.25, 0.3) is 0 Å². The summed E-state index contributed by atoms with van der Waals surface area (Å²) in [6.07, 6.45) is 0.311. The van der Waals surface area contributed by atoms with Gasteiger partial charge in [0.1, 0.15) is 0 Å². The molecule has 1 aromatic rings. The summed E-state index contributed by atoms with van der Waals surface area (Å²) in [6.45, 7) is 3.38. The first-order valence-corrected chi connectivity index (χ1v) is 6.17. The fourth-order valence-corrected chi connectivity index (χ4v) is 2.44. The second-order valence-corrected chi connectivity index (χ2v) is 5.07. The summed E-state index contributed by atoms with van der Waals surface area (Å²) in [5.41, 5.74) is 1.42. The van der Waals surface area contributed by atoms with Gasteiger partial charge in [-0.15, -0.1) is 0 Å². The minimum atomic E-state index is -0.136. The largest absolute Gasteiger partial charge is 0.324 e. The Labute approximate surface area is 108 Å². The molecule has 4 nitrogen and oxygen atoms in total. The Bertz CT molecular complexity index is 487. The van der Waals surface area contributed by atoms with E-state index in [4.69, 9.17) is 0 Å². The molecule has 0 radical (unpaired) electrons. The molecule has 1 aromatic carbocycles. The van der Waals surface area contributed by atoms with Crippen LogP contribution in [-0.4, -0.2) is 17.9 Å². The first-order chi connectivity index (χ1) is 7.99. The minimum absolute atomic E-state index is 0.0617. The lowest BCUT2D eigenvalue weighted by atomic mass is 10.2. The second kappa shape index (κ2) is 4.49. The zero-order valence-corrected chi connectivity index (χ0v) is 11.2. The van der Waals surface area contributed by atoms with Crippen LogP contribution in [0, 0.1) is 0 Å². The van der Waals surface area contributed by atoms with Crippen LogP contribution in [0.5, 0.6) is 0 Å². The number of rotatable bonds is 0. The molecule has 0 aliphatic carbocycles. The van der Waals surface area contributed by atoms with Crippen LogP contribution < -0.4 is 10.2 Å². The lowest BCUT2D eigenvalue weighted by Gasteiger charge is -2.26. The molecule has 2 amide bonds. The lowest BCUT2D eigenvalue weighted by molar-refractivity contribution is -0.117. The maximum Gasteiger partial charge on any atom is 0.226 e. The monoisotopic (exact) mass is 296 g/mol. The Morgan fingerprint density at radius 1 is 1.53 bits per heavy atom. The van der Waals surface area contributed by atoms with E-state index in [1.165, 1.54) is 6.92 Å². The normalized spacial score (nSPS) is 19.4. The van der Waals surface area contributed by atoms with Crippen molar-refractivity contribution in [2.45, 2.75) is 26.3 Å². The van der Waals surface area contributed by atoms with Crippen LogP contribution in [0.15, 0.2) is 22.7 Å². The van der Waals surface area contributed by atoms with Crippen LogP contribution in [0.1, 0.15) is 20.3 Å². The van der Waals surface area contributed by atoms with Gasteiger partial charge in [-0.1, -0.05) is 15.9 Å². The maximum absolute atomic E-state index is 11.7. The van der Waals surface area contributed by atoms with E-state index in [1.54, 1.807) is 11.0 Å². The summed E-state index contributed by atoms with van der Waals surface area (Å²) in [5.74, 6) is -0.127. The number of halogens is 1. The van der Waals surface area contributed by atoms with Gasteiger partial charge in [-0.25, -0.2) is 0 Å². The molecule has 1 heterocycles. The molecular formula is C12H13BrN2O2. The van der Waals surface area contributed by atoms with Crippen molar-refractivity contribution < 1.29 is 9.59 Å². The van der Waals surface area contributed by atoms with E-state index in [0.717, 1.165) is 10.2 Å². The predicted octanol–water partition coefficient (Wildman–Crippen LogP) is 2.53. The molecule has 0 saturated carbocycles. The van der Waals surface area contributed by atoms with E-state index in [9.17, 15) is 9.59 Å². The molecule has 5 heteroatoms. The Morgan fingerprint density at radius 2 is 2.24 bits per heavy atom. The second-order valence-electron chi connectivity index (χ2n) is 4.15. The highest BCUT2D eigenvalue weighted by Gasteiger charge is 2.27.